The Kier molecular flexibility index (Phi) is 2.50. The summed E-state index contributed by atoms with van der Waals surface area (Å²) in [6.45, 7) is 0.701. The minimum Gasteiger partial charge on any atom is -0.308 e. The summed E-state index contributed by atoms with van der Waals surface area (Å²) in [4.78, 5) is 0. The molecule has 1 saturated heterocycles. The number of hydrogen-bond acceptors (Lipinski definition) is 1. The van der Waals surface area contributed by atoms with E-state index in [2.05, 4.69) is 5.32 Å². The van der Waals surface area contributed by atoms with E-state index >= 15 is 0 Å². The van der Waals surface area contributed by atoms with Crippen molar-refractivity contribution in [3.63, 3.8) is 0 Å². The van der Waals surface area contributed by atoms with E-state index in [9.17, 15) is 8.78 Å². The van der Waals surface area contributed by atoms with Crippen LogP contribution in [0.1, 0.15) is 18.4 Å². The summed E-state index contributed by atoms with van der Waals surface area (Å²) in [5.74, 6) is -2.74. The lowest BCUT2D eigenvalue weighted by Gasteiger charge is -2.23. The van der Waals surface area contributed by atoms with E-state index in [0.717, 1.165) is 6.42 Å². The molecule has 0 amide bonds. The molecule has 1 fully saturated rings. The highest BCUT2D eigenvalue weighted by molar-refractivity contribution is 5.22. The second kappa shape index (κ2) is 3.65. The zero-order valence-corrected chi connectivity index (χ0v) is 7.84. The highest BCUT2D eigenvalue weighted by Gasteiger charge is 2.42. The average Bonchev–Trinajstić information content (AvgIpc) is 2.72. The maximum Gasteiger partial charge on any atom is 0.288 e. The molecule has 1 aromatic rings. The van der Waals surface area contributed by atoms with Crippen LogP contribution in [-0.2, 0) is 5.92 Å². The maximum atomic E-state index is 13.8. The zero-order valence-electron chi connectivity index (χ0n) is 7.84. The summed E-state index contributed by atoms with van der Waals surface area (Å²) in [7, 11) is 0. The molecule has 1 unspecified atom stereocenters. The van der Waals surface area contributed by atoms with E-state index in [1.807, 2.05) is 0 Å². The largest absolute Gasteiger partial charge is 0.308 e. The molecule has 1 aliphatic heterocycles. The van der Waals surface area contributed by atoms with Gasteiger partial charge in [0.15, 0.2) is 0 Å². The van der Waals surface area contributed by atoms with Gasteiger partial charge in [-0.15, -0.1) is 0 Å². The monoisotopic (exact) mass is 197 g/mol. The van der Waals surface area contributed by atoms with E-state index in [0.29, 0.717) is 13.0 Å². The van der Waals surface area contributed by atoms with Gasteiger partial charge in [0.1, 0.15) is 0 Å². The standard InChI is InChI=1S/C11H13F2N/c12-11(13,10-7-4-8-14-10)9-5-2-1-3-6-9/h1-3,5-6,10,14H,4,7-8H2. The smallest absolute Gasteiger partial charge is 0.288 e. The van der Waals surface area contributed by atoms with Crippen LogP contribution in [0.2, 0.25) is 0 Å². The van der Waals surface area contributed by atoms with Gasteiger partial charge in [0, 0.05) is 5.56 Å². The normalized spacial score (nSPS) is 22.6. The maximum absolute atomic E-state index is 13.8. The minimum atomic E-state index is -2.74. The van der Waals surface area contributed by atoms with Crippen molar-refractivity contribution >= 4 is 0 Å². The van der Waals surface area contributed by atoms with Crippen LogP contribution in [0.3, 0.4) is 0 Å². The Balaban J connectivity index is 2.22. The van der Waals surface area contributed by atoms with Crippen LogP contribution in [0, 0.1) is 0 Å². The molecule has 1 atom stereocenters. The highest BCUT2D eigenvalue weighted by Crippen LogP contribution is 2.35. The van der Waals surface area contributed by atoms with Gasteiger partial charge < -0.3 is 5.32 Å². The van der Waals surface area contributed by atoms with Crippen LogP contribution in [0.4, 0.5) is 8.78 Å². The molecule has 1 aromatic carbocycles. The SMILES string of the molecule is FC(F)(c1ccccc1)C1CCCN1. The van der Waals surface area contributed by atoms with Crippen LogP contribution in [0.15, 0.2) is 30.3 Å². The van der Waals surface area contributed by atoms with Gasteiger partial charge in [-0.05, 0) is 19.4 Å². The summed E-state index contributed by atoms with van der Waals surface area (Å²) in [5.41, 5.74) is 0.111. The molecule has 0 aromatic heterocycles. The quantitative estimate of drug-likeness (QED) is 0.768. The highest BCUT2D eigenvalue weighted by atomic mass is 19.3. The van der Waals surface area contributed by atoms with Crippen molar-refractivity contribution < 1.29 is 8.78 Å². The van der Waals surface area contributed by atoms with Crippen molar-refractivity contribution in [2.45, 2.75) is 24.8 Å². The number of halogens is 2. The molecule has 3 heteroatoms. The molecular formula is C11H13F2N. The number of rotatable bonds is 2. The predicted octanol–water partition coefficient (Wildman–Crippen LogP) is 2.53. The van der Waals surface area contributed by atoms with Crippen molar-refractivity contribution in [1.82, 2.24) is 5.32 Å². The van der Waals surface area contributed by atoms with Gasteiger partial charge >= 0.3 is 0 Å². The van der Waals surface area contributed by atoms with Gasteiger partial charge in [0.05, 0.1) is 6.04 Å². The first-order valence-corrected chi connectivity index (χ1v) is 4.88. The molecule has 0 bridgehead atoms. The van der Waals surface area contributed by atoms with Gasteiger partial charge in [-0.3, -0.25) is 0 Å². The second-order valence-corrected chi connectivity index (χ2v) is 3.64. The fourth-order valence-corrected chi connectivity index (χ4v) is 1.86. The lowest BCUT2D eigenvalue weighted by Crippen LogP contribution is -2.38. The number of hydrogen-bond donors (Lipinski definition) is 1. The number of nitrogens with one attached hydrogen (secondary N) is 1. The van der Waals surface area contributed by atoms with E-state index in [4.69, 9.17) is 0 Å². The Morgan fingerprint density at radius 1 is 1.21 bits per heavy atom. The van der Waals surface area contributed by atoms with Crippen molar-refractivity contribution in [1.29, 1.82) is 0 Å². The Labute approximate surface area is 82.1 Å². The van der Waals surface area contributed by atoms with Gasteiger partial charge in [-0.25, -0.2) is 0 Å². The first-order chi connectivity index (χ1) is 6.71. The fourth-order valence-electron chi connectivity index (χ4n) is 1.86. The summed E-state index contributed by atoms with van der Waals surface area (Å²) >= 11 is 0. The predicted molar refractivity (Wildman–Crippen MR) is 51.4 cm³/mol. The molecule has 0 aliphatic carbocycles. The van der Waals surface area contributed by atoms with Crippen molar-refractivity contribution in [3.05, 3.63) is 35.9 Å². The van der Waals surface area contributed by atoms with Crippen LogP contribution in [0.25, 0.3) is 0 Å². The Morgan fingerprint density at radius 2 is 1.93 bits per heavy atom. The summed E-state index contributed by atoms with van der Waals surface area (Å²) < 4.78 is 27.6. The van der Waals surface area contributed by atoms with Crippen LogP contribution < -0.4 is 5.32 Å². The van der Waals surface area contributed by atoms with Gasteiger partial charge in [0.25, 0.3) is 5.92 Å². The molecule has 1 nitrogen and oxygen atoms in total. The van der Waals surface area contributed by atoms with Crippen molar-refractivity contribution in [2.75, 3.05) is 6.54 Å². The lowest BCUT2D eigenvalue weighted by atomic mass is 10.00. The molecule has 1 heterocycles. The van der Waals surface area contributed by atoms with Crippen LogP contribution in [-0.4, -0.2) is 12.6 Å². The Hall–Kier alpha value is -0.960. The molecule has 1 N–H and O–H groups in total. The fraction of sp³-hybridized carbons (Fsp3) is 0.455. The second-order valence-electron chi connectivity index (χ2n) is 3.64. The molecule has 0 saturated carbocycles. The van der Waals surface area contributed by atoms with Gasteiger partial charge in [-0.1, -0.05) is 30.3 Å². The van der Waals surface area contributed by atoms with Crippen LogP contribution >= 0.6 is 0 Å². The van der Waals surface area contributed by atoms with E-state index in [1.54, 1.807) is 18.2 Å². The zero-order chi connectivity index (χ0) is 10.0. The van der Waals surface area contributed by atoms with E-state index in [-0.39, 0.29) is 5.56 Å². The molecule has 0 spiro atoms. The van der Waals surface area contributed by atoms with Crippen LogP contribution in [0.5, 0.6) is 0 Å². The molecular weight excluding hydrogens is 184 g/mol. The van der Waals surface area contributed by atoms with E-state index in [1.165, 1.54) is 12.1 Å². The Bertz CT molecular complexity index is 291. The van der Waals surface area contributed by atoms with Gasteiger partial charge in [0.2, 0.25) is 0 Å². The summed E-state index contributed by atoms with van der Waals surface area (Å²) in [5, 5.41) is 2.85. The first kappa shape index (κ1) is 9.59. The van der Waals surface area contributed by atoms with Gasteiger partial charge in [-0.2, -0.15) is 8.78 Å². The van der Waals surface area contributed by atoms with Crippen molar-refractivity contribution in [2.24, 2.45) is 0 Å². The third kappa shape index (κ3) is 1.64. The third-order valence-electron chi connectivity index (χ3n) is 2.66. The summed E-state index contributed by atoms with van der Waals surface area (Å²) in [6.07, 6.45) is 1.40. The number of benzene rings is 1. The molecule has 76 valence electrons. The van der Waals surface area contributed by atoms with E-state index < -0.39 is 12.0 Å². The molecule has 1 aliphatic rings. The third-order valence-corrected chi connectivity index (χ3v) is 2.66. The molecule has 2 rings (SSSR count). The summed E-state index contributed by atoms with van der Waals surface area (Å²) in [6, 6.07) is 7.34. The minimum absolute atomic E-state index is 0.111. The number of alkyl halides is 2. The Morgan fingerprint density at radius 3 is 2.50 bits per heavy atom. The average molecular weight is 197 g/mol. The van der Waals surface area contributed by atoms with Crippen molar-refractivity contribution in [3.8, 4) is 0 Å². The lowest BCUT2D eigenvalue weighted by molar-refractivity contribution is -0.0376. The first-order valence-electron chi connectivity index (χ1n) is 4.88. The topological polar surface area (TPSA) is 12.0 Å². The molecule has 14 heavy (non-hydrogen) atoms. The molecule has 0 radical (unpaired) electrons.